The molecule has 1 aromatic heterocycles. The molecule has 0 spiro atoms. The molecule has 3 heterocycles. The lowest BCUT2D eigenvalue weighted by Crippen LogP contribution is -2.39. The van der Waals surface area contributed by atoms with Gasteiger partial charge in [-0.3, -0.25) is 10.1 Å². The lowest BCUT2D eigenvalue weighted by atomic mass is 10.1. The Bertz CT molecular complexity index is 373. The summed E-state index contributed by atoms with van der Waals surface area (Å²) >= 11 is 3.64. The Morgan fingerprint density at radius 3 is 3.12 bits per heavy atom. The summed E-state index contributed by atoms with van der Waals surface area (Å²) in [7, 11) is 0. The van der Waals surface area contributed by atoms with E-state index < -0.39 is 0 Å². The first-order valence-electron chi connectivity index (χ1n) is 5.50. The van der Waals surface area contributed by atoms with E-state index in [-0.39, 0.29) is 12.1 Å². The number of carbonyl (C=O) groups excluding carboxylic acids is 1. The molecule has 3 rings (SSSR count). The van der Waals surface area contributed by atoms with Gasteiger partial charge < -0.3 is 4.90 Å². The van der Waals surface area contributed by atoms with Crippen molar-refractivity contribution in [3.8, 4) is 0 Å². The predicted octanol–water partition coefficient (Wildman–Crippen LogP) is 1.68. The van der Waals surface area contributed by atoms with E-state index in [1.807, 2.05) is 11.8 Å². The fourth-order valence-electron chi connectivity index (χ4n) is 2.38. The second kappa shape index (κ2) is 4.39. The number of nitrogens with one attached hydrogen (secondary N) is 1. The maximum Gasteiger partial charge on any atom is 0.238 e. The summed E-state index contributed by atoms with van der Waals surface area (Å²) in [6.45, 7) is 0.488. The molecule has 1 aromatic rings. The highest BCUT2D eigenvalue weighted by molar-refractivity contribution is 7.99. The highest BCUT2D eigenvalue weighted by Crippen LogP contribution is 2.32. The molecule has 0 radical (unpaired) electrons. The number of hydrogen-bond donors (Lipinski definition) is 1. The van der Waals surface area contributed by atoms with E-state index in [1.54, 1.807) is 11.3 Å². The Balaban J connectivity index is 1.84. The molecule has 0 saturated carbocycles. The van der Waals surface area contributed by atoms with Gasteiger partial charge >= 0.3 is 0 Å². The fraction of sp³-hybridized carbons (Fsp3) is 0.545. The number of thiophene rings is 1. The molecule has 16 heavy (non-hydrogen) atoms. The molecule has 2 unspecified atom stereocenters. The van der Waals surface area contributed by atoms with Crippen LogP contribution in [-0.4, -0.2) is 34.9 Å². The third kappa shape index (κ3) is 1.77. The van der Waals surface area contributed by atoms with Crippen molar-refractivity contribution in [2.45, 2.75) is 18.6 Å². The molecular formula is C11H14N2OS2. The van der Waals surface area contributed by atoms with Crippen LogP contribution in [0.5, 0.6) is 0 Å². The Hall–Kier alpha value is -0.520. The molecule has 86 valence electrons. The third-order valence-corrected chi connectivity index (χ3v) is 5.02. The van der Waals surface area contributed by atoms with E-state index in [0.717, 1.165) is 12.2 Å². The maximum absolute atomic E-state index is 11.9. The van der Waals surface area contributed by atoms with Crippen LogP contribution >= 0.6 is 23.1 Å². The molecule has 3 nitrogen and oxygen atoms in total. The van der Waals surface area contributed by atoms with Crippen LogP contribution in [-0.2, 0) is 4.79 Å². The fourth-order valence-corrected chi connectivity index (χ4v) is 4.27. The Morgan fingerprint density at radius 1 is 1.50 bits per heavy atom. The summed E-state index contributed by atoms with van der Waals surface area (Å²) in [6, 6.07) is 2.54. The average molecular weight is 254 g/mol. The molecule has 1 amide bonds. The number of carbonyl (C=O) groups is 1. The van der Waals surface area contributed by atoms with Crippen molar-refractivity contribution in [1.29, 1.82) is 0 Å². The molecule has 2 aliphatic rings. The van der Waals surface area contributed by atoms with Crippen molar-refractivity contribution in [2.75, 3.05) is 18.1 Å². The summed E-state index contributed by atoms with van der Waals surface area (Å²) in [5, 5.41) is 7.51. The summed E-state index contributed by atoms with van der Waals surface area (Å²) in [5.74, 6) is 2.53. The van der Waals surface area contributed by atoms with E-state index in [2.05, 4.69) is 27.0 Å². The van der Waals surface area contributed by atoms with Gasteiger partial charge in [0.2, 0.25) is 5.91 Å². The molecule has 2 aliphatic heterocycles. The Labute approximate surface area is 103 Å². The van der Waals surface area contributed by atoms with Crippen LogP contribution in [0.4, 0.5) is 0 Å². The highest BCUT2D eigenvalue weighted by Gasteiger charge is 2.37. The quantitative estimate of drug-likeness (QED) is 0.871. The lowest BCUT2D eigenvalue weighted by Gasteiger charge is -2.29. The largest absolute Gasteiger partial charge is 0.318 e. The van der Waals surface area contributed by atoms with E-state index in [1.165, 1.54) is 11.3 Å². The van der Waals surface area contributed by atoms with E-state index in [9.17, 15) is 4.79 Å². The van der Waals surface area contributed by atoms with Crippen LogP contribution in [0.1, 0.15) is 18.2 Å². The average Bonchev–Trinajstić information content (AvgIpc) is 2.96. The normalized spacial score (nSPS) is 30.2. The lowest BCUT2D eigenvalue weighted by molar-refractivity contribution is -0.129. The van der Waals surface area contributed by atoms with Gasteiger partial charge in [-0.25, -0.2) is 0 Å². The van der Waals surface area contributed by atoms with Gasteiger partial charge in [0.15, 0.2) is 0 Å². The van der Waals surface area contributed by atoms with Gasteiger partial charge in [-0.05, 0) is 34.6 Å². The number of amides is 1. The first-order valence-corrected chi connectivity index (χ1v) is 7.60. The van der Waals surface area contributed by atoms with Gasteiger partial charge in [-0.1, -0.05) is 0 Å². The zero-order chi connectivity index (χ0) is 11.0. The second-order valence-corrected chi connectivity index (χ2v) is 6.09. The van der Waals surface area contributed by atoms with Crippen molar-refractivity contribution >= 4 is 29.0 Å². The SMILES string of the molecule is O=C1CNC(c2ccsc2)N1C1CCSC1. The number of thioether (sulfide) groups is 1. The van der Waals surface area contributed by atoms with Gasteiger partial charge in [0.05, 0.1) is 6.54 Å². The molecule has 2 fully saturated rings. The van der Waals surface area contributed by atoms with E-state index >= 15 is 0 Å². The number of hydrogen-bond acceptors (Lipinski definition) is 4. The van der Waals surface area contributed by atoms with Crippen molar-refractivity contribution in [2.24, 2.45) is 0 Å². The Kier molecular flexibility index (Phi) is 2.91. The number of rotatable bonds is 2. The van der Waals surface area contributed by atoms with Crippen molar-refractivity contribution in [3.05, 3.63) is 22.4 Å². The number of nitrogens with zero attached hydrogens (tertiary/aromatic N) is 1. The minimum Gasteiger partial charge on any atom is -0.318 e. The molecule has 2 atom stereocenters. The summed E-state index contributed by atoms with van der Waals surface area (Å²) in [5.41, 5.74) is 1.23. The molecule has 0 aliphatic carbocycles. The van der Waals surface area contributed by atoms with Gasteiger partial charge in [-0.15, -0.1) is 0 Å². The summed E-state index contributed by atoms with van der Waals surface area (Å²) in [4.78, 5) is 14.0. The van der Waals surface area contributed by atoms with Gasteiger partial charge in [0, 0.05) is 11.8 Å². The van der Waals surface area contributed by atoms with E-state index in [0.29, 0.717) is 12.6 Å². The predicted molar refractivity (Wildman–Crippen MR) is 67.6 cm³/mol. The van der Waals surface area contributed by atoms with Crippen LogP contribution < -0.4 is 5.32 Å². The molecule has 0 bridgehead atoms. The zero-order valence-electron chi connectivity index (χ0n) is 8.89. The summed E-state index contributed by atoms with van der Waals surface area (Å²) < 4.78 is 0. The molecule has 5 heteroatoms. The molecule has 2 saturated heterocycles. The van der Waals surface area contributed by atoms with Crippen LogP contribution in [0.25, 0.3) is 0 Å². The second-order valence-electron chi connectivity index (χ2n) is 4.16. The minimum absolute atomic E-state index is 0.113. The first-order chi connectivity index (χ1) is 7.86. The monoisotopic (exact) mass is 254 g/mol. The molecule has 1 N–H and O–H groups in total. The third-order valence-electron chi connectivity index (χ3n) is 3.17. The van der Waals surface area contributed by atoms with Gasteiger partial charge in [0.1, 0.15) is 6.17 Å². The van der Waals surface area contributed by atoms with Gasteiger partial charge in [-0.2, -0.15) is 23.1 Å². The summed E-state index contributed by atoms with van der Waals surface area (Å²) in [6.07, 6.45) is 1.25. The van der Waals surface area contributed by atoms with Gasteiger partial charge in [0.25, 0.3) is 0 Å². The van der Waals surface area contributed by atoms with E-state index in [4.69, 9.17) is 0 Å². The van der Waals surface area contributed by atoms with Crippen LogP contribution in [0, 0.1) is 0 Å². The molecular weight excluding hydrogens is 240 g/mol. The van der Waals surface area contributed by atoms with Crippen molar-refractivity contribution < 1.29 is 4.79 Å². The van der Waals surface area contributed by atoms with Crippen molar-refractivity contribution in [3.63, 3.8) is 0 Å². The topological polar surface area (TPSA) is 32.3 Å². The highest BCUT2D eigenvalue weighted by atomic mass is 32.2. The zero-order valence-corrected chi connectivity index (χ0v) is 10.5. The minimum atomic E-state index is 0.113. The van der Waals surface area contributed by atoms with Crippen LogP contribution in [0.3, 0.4) is 0 Å². The first kappa shape index (κ1) is 10.6. The van der Waals surface area contributed by atoms with Crippen molar-refractivity contribution in [1.82, 2.24) is 10.2 Å². The smallest absolute Gasteiger partial charge is 0.238 e. The molecule has 0 aromatic carbocycles. The Morgan fingerprint density at radius 2 is 2.44 bits per heavy atom. The maximum atomic E-state index is 11.9. The standard InChI is InChI=1S/C11H14N2OS2/c14-10-5-12-11(8-1-3-15-6-8)13(10)9-2-4-16-7-9/h1,3,6,9,11-12H,2,4-5,7H2. The van der Waals surface area contributed by atoms with Crippen LogP contribution in [0.2, 0.25) is 0 Å². The van der Waals surface area contributed by atoms with Crippen LogP contribution in [0.15, 0.2) is 16.8 Å².